The van der Waals surface area contributed by atoms with E-state index in [1.54, 1.807) is 6.07 Å². The van der Waals surface area contributed by atoms with E-state index >= 15 is 0 Å². The molecule has 14 heavy (non-hydrogen) atoms. The van der Waals surface area contributed by atoms with Gasteiger partial charge in [0.1, 0.15) is 5.82 Å². The monoisotopic (exact) mass is 194 g/mol. The summed E-state index contributed by atoms with van der Waals surface area (Å²) in [5.41, 5.74) is 7.93. The highest BCUT2D eigenvalue weighted by Crippen LogP contribution is 2.25. The van der Waals surface area contributed by atoms with Crippen molar-refractivity contribution < 1.29 is 4.39 Å². The number of nitrogens with two attached hydrogens (primary N) is 1. The Morgan fingerprint density at radius 1 is 1.50 bits per heavy atom. The van der Waals surface area contributed by atoms with Gasteiger partial charge in [-0.25, -0.2) is 4.39 Å². The number of rotatable bonds is 3. The maximum Gasteiger partial charge on any atom is 0.123 e. The van der Waals surface area contributed by atoms with Gasteiger partial charge in [0.25, 0.3) is 0 Å². The van der Waals surface area contributed by atoms with Crippen molar-refractivity contribution in [2.75, 3.05) is 25.5 Å². The standard InChI is InChI=1S/C11H15FN2/c1-8(7-13)10-6-9(12)4-5-11(10)14(2)3/h4-6H,1,7,13H2,2-3H3. The van der Waals surface area contributed by atoms with Crippen LogP contribution in [0, 0.1) is 5.82 Å². The van der Waals surface area contributed by atoms with Gasteiger partial charge in [0, 0.05) is 31.9 Å². The lowest BCUT2D eigenvalue weighted by Crippen LogP contribution is -2.13. The molecule has 0 bridgehead atoms. The lowest BCUT2D eigenvalue weighted by atomic mass is 10.0. The van der Waals surface area contributed by atoms with Crippen LogP contribution < -0.4 is 10.6 Å². The number of benzene rings is 1. The van der Waals surface area contributed by atoms with E-state index in [1.807, 2.05) is 19.0 Å². The van der Waals surface area contributed by atoms with Gasteiger partial charge in [0.15, 0.2) is 0 Å². The minimum Gasteiger partial charge on any atom is -0.377 e. The topological polar surface area (TPSA) is 29.3 Å². The second kappa shape index (κ2) is 4.24. The molecule has 2 nitrogen and oxygen atoms in total. The van der Waals surface area contributed by atoms with E-state index in [1.165, 1.54) is 12.1 Å². The van der Waals surface area contributed by atoms with E-state index in [4.69, 9.17) is 5.73 Å². The van der Waals surface area contributed by atoms with Crippen LogP contribution in [0.3, 0.4) is 0 Å². The fourth-order valence-electron chi connectivity index (χ4n) is 1.29. The van der Waals surface area contributed by atoms with Crippen LogP contribution in [0.2, 0.25) is 0 Å². The predicted molar refractivity (Wildman–Crippen MR) is 58.8 cm³/mol. The molecule has 2 N–H and O–H groups in total. The molecule has 1 rings (SSSR count). The molecule has 0 heterocycles. The van der Waals surface area contributed by atoms with E-state index in [9.17, 15) is 4.39 Å². The number of hydrogen-bond donors (Lipinski definition) is 1. The molecule has 0 spiro atoms. The van der Waals surface area contributed by atoms with Crippen LogP contribution in [0.15, 0.2) is 24.8 Å². The fraction of sp³-hybridized carbons (Fsp3) is 0.273. The largest absolute Gasteiger partial charge is 0.377 e. The zero-order chi connectivity index (χ0) is 10.7. The maximum atomic E-state index is 13.0. The van der Waals surface area contributed by atoms with Gasteiger partial charge in [-0.05, 0) is 23.8 Å². The van der Waals surface area contributed by atoms with Crippen molar-refractivity contribution in [3.8, 4) is 0 Å². The Balaban J connectivity index is 3.22. The third kappa shape index (κ3) is 2.12. The maximum absolute atomic E-state index is 13.0. The van der Waals surface area contributed by atoms with Crippen LogP contribution in [-0.2, 0) is 0 Å². The Morgan fingerprint density at radius 2 is 2.14 bits per heavy atom. The first kappa shape index (κ1) is 10.7. The molecule has 1 aromatic carbocycles. The zero-order valence-electron chi connectivity index (χ0n) is 8.55. The van der Waals surface area contributed by atoms with Crippen LogP contribution in [0.1, 0.15) is 5.56 Å². The molecule has 76 valence electrons. The van der Waals surface area contributed by atoms with Gasteiger partial charge in [-0.15, -0.1) is 0 Å². The molecule has 0 fully saturated rings. The quantitative estimate of drug-likeness (QED) is 0.795. The lowest BCUT2D eigenvalue weighted by molar-refractivity contribution is 0.627. The van der Waals surface area contributed by atoms with Crippen molar-refractivity contribution in [3.05, 3.63) is 36.2 Å². The molecule has 0 amide bonds. The average Bonchev–Trinajstić information content (AvgIpc) is 2.16. The molecular weight excluding hydrogens is 179 g/mol. The first-order valence-corrected chi connectivity index (χ1v) is 4.41. The summed E-state index contributed by atoms with van der Waals surface area (Å²) in [6, 6.07) is 4.62. The molecule has 0 aliphatic heterocycles. The van der Waals surface area contributed by atoms with Crippen LogP contribution in [0.25, 0.3) is 5.57 Å². The summed E-state index contributed by atoms with van der Waals surface area (Å²) >= 11 is 0. The van der Waals surface area contributed by atoms with Crippen LogP contribution in [0.5, 0.6) is 0 Å². The molecule has 0 atom stereocenters. The van der Waals surface area contributed by atoms with Crippen molar-refractivity contribution >= 4 is 11.3 Å². The summed E-state index contributed by atoms with van der Waals surface area (Å²) in [6.45, 7) is 4.15. The van der Waals surface area contributed by atoms with Crippen molar-refractivity contribution in [1.82, 2.24) is 0 Å². The fourth-order valence-corrected chi connectivity index (χ4v) is 1.29. The minimum absolute atomic E-state index is 0.264. The Bertz CT molecular complexity index is 345. The molecule has 3 heteroatoms. The highest BCUT2D eigenvalue weighted by Gasteiger charge is 2.07. The molecule has 1 aromatic rings. The van der Waals surface area contributed by atoms with Gasteiger partial charge < -0.3 is 10.6 Å². The SMILES string of the molecule is C=C(CN)c1cc(F)ccc1N(C)C. The summed E-state index contributed by atoms with van der Waals surface area (Å²) in [4.78, 5) is 1.91. The summed E-state index contributed by atoms with van der Waals surface area (Å²) in [5, 5.41) is 0. The Hall–Kier alpha value is -1.35. The van der Waals surface area contributed by atoms with E-state index < -0.39 is 0 Å². The highest BCUT2D eigenvalue weighted by molar-refractivity contribution is 5.76. The second-order valence-corrected chi connectivity index (χ2v) is 3.36. The second-order valence-electron chi connectivity index (χ2n) is 3.36. The predicted octanol–water partition coefficient (Wildman–Crippen LogP) is 1.86. The first-order valence-electron chi connectivity index (χ1n) is 4.41. The van der Waals surface area contributed by atoms with E-state index in [-0.39, 0.29) is 5.82 Å². The van der Waals surface area contributed by atoms with E-state index in [2.05, 4.69) is 6.58 Å². The molecule has 0 saturated heterocycles. The first-order chi connectivity index (χ1) is 6.56. The summed E-state index contributed by atoms with van der Waals surface area (Å²) in [7, 11) is 3.81. The molecular formula is C11H15FN2. The number of nitrogens with zero attached hydrogens (tertiary/aromatic N) is 1. The number of anilines is 1. The lowest BCUT2D eigenvalue weighted by Gasteiger charge is -2.18. The molecule has 0 aliphatic carbocycles. The average molecular weight is 194 g/mol. The van der Waals surface area contributed by atoms with Gasteiger partial charge in [-0.2, -0.15) is 0 Å². The van der Waals surface area contributed by atoms with Crippen LogP contribution >= 0.6 is 0 Å². The van der Waals surface area contributed by atoms with Gasteiger partial charge in [0.2, 0.25) is 0 Å². The molecule has 0 unspecified atom stereocenters. The molecule has 0 saturated carbocycles. The van der Waals surface area contributed by atoms with E-state index in [0.29, 0.717) is 6.54 Å². The number of hydrogen-bond acceptors (Lipinski definition) is 2. The van der Waals surface area contributed by atoms with Crippen molar-refractivity contribution in [1.29, 1.82) is 0 Å². The number of halogens is 1. The van der Waals surface area contributed by atoms with Gasteiger partial charge >= 0.3 is 0 Å². The Morgan fingerprint density at radius 3 is 2.64 bits per heavy atom. The normalized spacial score (nSPS) is 10.0. The van der Waals surface area contributed by atoms with Crippen molar-refractivity contribution in [2.24, 2.45) is 5.73 Å². The summed E-state index contributed by atoms with van der Waals surface area (Å²) in [5.74, 6) is -0.264. The zero-order valence-corrected chi connectivity index (χ0v) is 8.55. The van der Waals surface area contributed by atoms with Crippen LogP contribution in [-0.4, -0.2) is 20.6 Å². The third-order valence-corrected chi connectivity index (χ3v) is 2.07. The van der Waals surface area contributed by atoms with Crippen molar-refractivity contribution in [3.63, 3.8) is 0 Å². The molecule has 0 aromatic heterocycles. The smallest absolute Gasteiger partial charge is 0.123 e. The third-order valence-electron chi connectivity index (χ3n) is 2.07. The van der Waals surface area contributed by atoms with E-state index in [0.717, 1.165) is 16.8 Å². The summed E-state index contributed by atoms with van der Waals surface area (Å²) in [6.07, 6.45) is 0. The van der Waals surface area contributed by atoms with Crippen molar-refractivity contribution in [2.45, 2.75) is 0 Å². The van der Waals surface area contributed by atoms with Crippen LogP contribution in [0.4, 0.5) is 10.1 Å². The summed E-state index contributed by atoms with van der Waals surface area (Å²) < 4.78 is 13.0. The Labute approximate surface area is 83.8 Å². The Kier molecular flexibility index (Phi) is 3.25. The van der Waals surface area contributed by atoms with Gasteiger partial charge in [-0.3, -0.25) is 0 Å². The van der Waals surface area contributed by atoms with Gasteiger partial charge in [0.05, 0.1) is 0 Å². The molecule has 0 radical (unpaired) electrons. The minimum atomic E-state index is -0.264. The van der Waals surface area contributed by atoms with Gasteiger partial charge in [-0.1, -0.05) is 6.58 Å². The molecule has 0 aliphatic rings. The highest BCUT2D eigenvalue weighted by atomic mass is 19.1.